The highest BCUT2D eigenvalue weighted by molar-refractivity contribution is 7.99. The third-order valence-corrected chi connectivity index (χ3v) is 6.28. The Morgan fingerprint density at radius 2 is 1.86 bits per heavy atom. The zero-order valence-electron chi connectivity index (χ0n) is 16.2. The Morgan fingerprint density at radius 1 is 1.14 bits per heavy atom. The Morgan fingerprint density at radius 3 is 2.57 bits per heavy atom. The maximum absolute atomic E-state index is 12.5. The van der Waals surface area contributed by atoms with Gasteiger partial charge in [-0.1, -0.05) is 30.0 Å². The van der Waals surface area contributed by atoms with Crippen LogP contribution in [0.4, 0.5) is 0 Å². The lowest BCUT2D eigenvalue weighted by molar-refractivity contribution is -0.187. The lowest BCUT2D eigenvalue weighted by Gasteiger charge is -2.37. The van der Waals surface area contributed by atoms with Gasteiger partial charge in [-0.25, -0.2) is 0 Å². The summed E-state index contributed by atoms with van der Waals surface area (Å²) in [6, 6.07) is 10.1. The second-order valence-electron chi connectivity index (χ2n) is 7.14. The van der Waals surface area contributed by atoms with Gasteiger partial charge in [0.1, 0.15) is 5.82 Å². The Bertz CT molecular complexity index is 795. The lowest BCUT2D eigenvalue weighted by Crippen LogP contribution is -2.47. The molecule has 2 fully saturated rings. The van der Waals surface area contributed by atoms with Crippen LogP contribution in [0, 0.1) is 6.92 Å². The summed E-state index contributed by atoms with van der Waals surface area (Å²) in [4.78, 5) is 14.4. The van der Waals surface area contributed by atoms with Crippen molar-refractivity contribution in [1.29, 1.82) is 0 Å². The van der Waals surface area contributed by atoms with Crippen LogP contribution in [0.3, 0.4) is 0 Å². The first-order chi connectivity index (χ1) is 13.7. The number of nitrogens with zero attached hydrogens (tertiary/aromatic N) is 4. The van der Waals surface area contributed by atoms with Gasteiger partial charge in [0.05, 0.1) is 13.2 Å². The van der Waals surface area contributed by atoms with Crippen molar-refractivity contribution in [3.05, 3.63) is 36.2 Å². The molecule has 2 aliphatic heterocycles. The monoisotopic (exact) mass is 402 g/mol. The number of likely N-dealkylation sites (tertiary alicyclic amines) is 1. The van der Waals surface area contributed by atoms with Gasteiger partial charge in [-0.05, 0) is 25.5 Å². The molecule has 28 heavy (non-hydrogen) atoms. The molecule has 150 valence electrons. The van der Waals surface area contributed by atoms with E-state index in [1.807, 2.05) is 42.2 Å². The summed E-state index contributed by atoms with van der Waals surface area (Å²) in [6.45, 7) is 4.71. The number of hydrogen-bond acceptors (Lipinski definition) is 6. The normalized spacial score (nSPS) is 18.7. The summed E-state index contributed by atoms with van der Waals surface area (Å²) in [7, 11) is 0. The predicted molar refractivity (Wildman–Crippen MR) is 107 cm³/mol. The van der Waals surface area contributed by atoms with E-state index in [1.54, 1.807) is 11.8 Å². The molecule has 0 bridgehead atoms. The Kier molecular flexibility index (Phi) is 5.99. The molecule has 2 saturated heterocycles. The number of para-hydroxylation sites is 1. The number of carbonyl (C=O) groups excluding carboxylic acids is 1. The summed E-state index contributed by atoms with van der Waals surface area (Å²) >= 11 is 1.65. The summed E-state index contributed by atoms with van der Waals surface area (Å²) in [6.07, 6.45) is 2.92. The van der Waals surface area contributed by atoms with E-state index in [2.05, 4.69) is 14.8 Å². The van der Waals surface area contributed by atoms with E-state index >= 15 is 0 Å². The largest absolute Gasteiger partial charge is 0.347 e. The van der Waals surface area contributed by atoms with Gasteiger partial charge in [0.2, 0.25) is 5.91 Å². The number of aryl methyl sites for hydroxylation is 1. The second-order valence-corrected chi connectivity index (χ2v) is 8.20. The Balaban J connectivity index is 1.24. The average Bonchev–Trinajstić information content (AvgIpc) is 3.33. The topological polar surface area (TPSA) is 69.5 Å². The van der Waals surface area contributed by atoms with Crippen molar-refractivity contribution < 1.29 is 14.3 Å². The molecular weight excluding hydrogens is 376 g/mol. The molecule has 4 rings (SSSR count). The molecule has 1 aromatic heterocycles. The minimum Gasteiger partial charge on any atom is -0.347 e. The number of piperidine rings is 1. The van der Waals surface area contributed by atoms with Gasteiger partial charge >= 0.3 is 0 Å². The fourth-order valence-corrected chi connectivity index (χ4v) is 4.67. The number of aromatic nitrogens is 3. The quantitative estimate of drug-likeness (QED) is 0.547. The summed E-state index contributed by atoms with van der Waals surface area (Å²) in [5, 5.41) is 9.37. The lowest BCUT2D eigenvalue weighted by atomic mass is 10.0. The van der Waals surface area contributed by atoms with Crippen molar-refractivity contribution in [2.45, 2.75) is 43.6 Å². The van der Waals surface area contributed by atoms with Gasteiger partial charge in [-0.2, -0.15) is 0 Å². The van der Waals surface area contributed by atoms with Gasteiger partial charge in [0, 0.05) is 43.8 Å². The van der Waals surface area contributed by atoms with Gasteiger partial charge < -0.3 is 14.4 Å². The standard InChI is InChI=1S/C20H26N4O3S/c1-16-21-22-19(24(16)17-6-3-2-4-7-17)28-15-5-8-18(25)23-11-9-20(10-12-23)26-13-14-27-20/h2-4,6-7H,5,8-15H2,1H3. The smallest absolute Gasteiger partial charge is 0.222 e. The molecule has 1 aromatic carbocycles. The summed E-state index contributed by atoms with van der Waals surface area (Å²) in [5.74, 6) is 1.49. The van der Waals surface area contributed by atoms with Crippen LogP contribution in [-0.4, -0.2) is 63.4 Å². The zero-order chi connectivity index (χ0) is 19.4. The van der Waals surface area contributed by atoms with E-state index in [1.165, 1.54) is 0 Å². The first-order valence-electron chi connectivity index (χ1n) is 9.83. The Labute approximate surface area is 169 Å². The number of hydrogen-bond donors (Lipinski definition) is 0. The van der Waals surface area contributed by atoms with E-state index < -0.39 is 5.79 Å². The average molecular weight is 403 g/mol. The molecule has 1 spiro atoms. The van der Waals surface area contributed by atoms with Crippen molar-refractivity contribution >= 4 is 17.7 Å². The van der Waals surface area contributed by atoms with E-state index in [9.17, 15) is 4.79 Å². The van der Waals surface area contributed by atoms with Crippen molar-refractivity contribution in [3.8, 4) is 5.69 Å². The highest BCUT2D eigenvalue weighted by Gasteiger charge is 2.40. The number of amides is 1. The third kappa shape index (κ3) is 4.24. The van der Waals surface area contributed by atoms with Crippen molar-refractivity contribution in [2.75, 3.05) is 32.1 Å². The van der Waals surface area contributed by atoms with Crippen molar-refractivity contribution in [2.24, 2.45) is 0 Å². The van der Waals surface area contributed by atoms with Crippen LogP contribution < -0.4 is 0 Å². The van der Waals surface area contributed by atoms with Crippen LogP contribution in [-0.2, 0) is 14.3 Å². The molecule has 0 N–H and O–H groups in total. The molecule has 0 radical (unpaired) electrons. The fourth-order valence-electron chi connectivity index (χ4n) is 3.74. The molecule has 2 aromatic rings. The number of ether oxygens (including phenoxy) is 2. The van der Waals surface area contributed by atoms with Gasteiger partial charge in [0.15, 0.2) is 10.9 Å². The van der Waals surface area contributed by atoms with Gasteiger partial charge in [-0.15, -0.1) is 10.2 Å². The van der Waals surface area contributed by atoms with Crippen LogP contribution in [0.25, 0.3) is 5.69 Å². The maximum atomic E-state index is 12.5. The minimum absolute atomic E-state index is 0.217. The molecule has 0 saturated carbocycles. The SMILES string of the molecule is Cc1nnc(SCCCC(=O)N2CCC3(CC2)OCCO3)n1-c1ccccc1. The number of rotatable bonds is 6. The first kappa shape index (κ1) is 19.4. The molecule has 3 heterocycles. The second kappa shape index (κ2) is 8.63. The fraction of sp³-hybridized carbons (Fsp3) is 0.550. The minimum atomic E-state index is -0.425. The van der Waals surface area contributed by atoms with Gasteiger partial charge in [0.25, 0.3) is 0 Å². The first-order valence-corrected chi connectivity index (χ1v) is 10.8. The van der Waals surface area contributed by atoms with E-state index in [0.717, 1.165) is 41.7 Å². The molecule has 0 atom stereocenters. The van der Waals surface area contributed by atoms with E-state index in [4.69, 9.17) is 9.47 Å². The number of carbonyl (C=O) groups is 1. The van der Waals surface area contributed by atoms with Crippen LogP contribution in [0.1, 0.15) is 31.5 Å². The van der Waals surface area contributed by atoms with Gasteiger partial charge in [-0.3, -0.25) is 9.36 Å². The maximum Gasteiger partial charge on any atom is 0.222 e. The molecule has 8 heteroatoms. The van der Waals surface area contributed by atoms with Crippen molar-refractivity contribution in [1.82, 2.24) is 19.7 Å². The van der Waals surface area contributed by atoms with Crippen LogP contribution in [0.15, 0.2) is 35.5 Å². The van der Waals surface area contributed by atoms with E-state index in [0.29, 0.717) is 32.7 Å². The Hall–Kier alpha value is -1.90. The van der Waals surface area contributed by atoms with Crippen LogP contribution in [0.2, 0.25) is 0 Å². The molecule has 2 aliphatic rings. The highest BCUT2D eigenvalue weighted by Crippen LogP contribution is 2.31. The van der Waals surface area contributed by atoms with E-state index in [-0.39, 0.29) is 5.91 Å². The molecule has 1 amide bonds. The molecular formula is C20H26N4O3S. The van der Waals surface area contributed by atoms with Crippen LogP contribution >= 0.6 is 11.8 Å². The van der Waals surface area contributed by atoms with Crippen LogP contribution in [0.5, 0.6) is 0 Å². The van der Waals surface area contributed by atoms with Crippen molar-refractivity contribution in [3.63, 3.8) is 0 Å². The number of benzene rings is 1. The molecule has 0 unspecified atom stereocenters. The highest BCUT2D eigenvalue weighted by atomic mass is 32.2. The zero-order valence-corrected chi connectivity index (χ0v) is 17.0. The summed E-state index contributed by atoms with van der Waals surface area (Å²) < 4.78 is 13.5. The molecule has 7 nitrogen and oxygen atoms in total. The number of thioether (sulfide) groups is 1. The summed E-state index contributed by atoms with van der Waals surface area (Å²) in [5.41, 5.74) is 1.06. The molecule has 0 aliphatic carbocycles. The third-order valence-electron chi connectivity index (χ3n) is 5.27. The predicted octanol–water partition coefficient (Wildman–Crippen LogP) is 2.81.